The third kappa shape index (κ3) is 5.53. The number of nitrogens with zero attached hydrogens (tertiary/aromatic N) is 5. The fourth-order valence-corrected chi connectivity index (χ4v) is 3.60. The summed E-state index contributed by atoms with van der Waals surface area (Å²) in [6, 6.07) is 15.5. The van der Waals surface area contributed by atoms with E-state index in [0.29, 0.717) is 17.0 Å². The standard InChI is InChI=1S/C25H29N7O/c1-5-32-16-22-24(30-32)29-23(14-26-22)27-17(2)20-7-6-8-21(13-20)28-25(33)19-11-9-18(10-12-19)15-31(3)4/h6-14,16-17H,5,15H2,1-4H3,(H,28,33)(H,27,29,30)/t17-/m0/s1. The zero-order chi connectivity index (χ0) is 23.4. The van der Waals surface area contributed by atoms with E-state index in [-0.39, 0.29) is 11.9 Å². The molecule has 0 aliphatic rings. The number of nitrogens with one attached hydrogen (secondary N) is 2. The average molecular weight is 444 g/mol. The molecule has 4 aromatic rings. The molecule has 0 aliphatic heterocycles. The van der Waals surface area contributed by atoms with Crippen LogP contribution >= 0.6 is 0 Å². The van der Waals surface area contributed by atoms with Crippen LogP contribution in [0, 0.1) is 0 Å². The van der Waals surface area contributed by atoms with Crippen LogP contribution in [0.2, 0.25) is 0 Å². The maximum atomic E-state index is 12.7. The minimum Gasteiger partial charge on any atom is -0.362 e. The molecular weight excluding hydrogens is 414 g/mol. The molecule has 0 aliphatic carbocycles. The second-order valence-electron chi connectivity index (χ2n) is 8.33. The lowest BCUT2D eigenvalue weighted by atomic mass is 10.1. The molecule has 0 bridgehead atoms. The Kier molecular flexibility index (Phi) is 6.65. The number of amides is 1. The second kappa shape index (κ2) is 9.79. The highest BCUT2D eigenvalue weighted by atomic mass is 16.1. The lowest BCUT2D eigenvalue weighted by Gasteiger charge is -2.16. The number of aromatic nitrogens is 4. The fourth-order valence-electron chi connectivity index (χ4n) is 3.60. The molecule has 0 spiro atoms. The molecule has 1 amide bonds. The number of fused-ring (bicyclic) bond motifs is 1. The normalized spacial score (nSPS) is 12.2. The van der Waals surface area contributed by atoms with Crippen LogP contribution in [0.5, 0.6) is 0 Å². The molecule has 4 rings (SSSR count). The van der Waals surface area contributed by atoms with Crippen LogP contribution < -0.4 is 10.6 Å². The van der Waals surface area contributed by atoms with Crippen LogP contribution in [0.1, 0.15) is 41.4 Å². The lowest BCUT2D eigenvalue weighted by molar-refractivity contribution is 0.102. The largest absolute Gasteiger partial charge is 0.362 e. The predicted molar refractivity (Wildman–Crippen MR) is 131 cm³/mol. The smallest absolute Gasteiger partial charge is 0.255 e. The number of benzene rings is 2. The van der Waals surface area contributed by atoms with Gasteiger partial charge in [0.15, 0.2) is 0 Å². The van der Waals surface area contributed by atoms with E-state index >= 15 is 0 Å². The monoisotopic (exact) mass is 443 g/mol. The van der Waals surface area contributed by atoms with Crippen molar-refractivity contribution in [2.45, 2.75) is 33.0 Å². The zero-order valence-electron chi connectivity index (χ0n) is 19.4. The minimum atomic E-state index is -0.132. The fraction of sp³-hybridized carbons (Fsp3) is 0.280. The van der Waals surface area contributed by atoms with E-state index in [1.165, 1.54) is 5.56 Å². The van der Waals surface area contributed by atoms with E-state index in [9.17, 15) is 4.79 Å². The zero-order valence-corrected chi connectivity index (χ0v) is 19.4. The molecule has 0 fully saturated rings. The van der Waals surface area contributed by atoms with Crippen molar-refractivity contribution in [2.75, 3.05) is 24.7 Å². The Labute approximate surface area is 193 Å². The molecule has 170 valence electrons. The minimum absolute atomic E-state index is 0.0350. The highest BCUT2D eigenvalue weighted by Crippen LogP contribution is 2.22. The van der Waals surface area contributed by atoms with Crippen LogP contribution in [-0.4, -0.2) is 44.7 Å². The Hall–Kier alpha value is -3.78. The van der Waals surface area contributed by atoms with Gasteiger partial charge in [-0.05, 0) is 63.3 Å². The number of hydrogen-bond donors (Lipinski definition) is 2. The van der Waals surface area contributed by atoms with Crippen molar-refractivity contribution in [3.05, 3.63) is 77.6 Å². The van der Waals surface area contributed by atoms with Crippen LogP contribution in [0.3, 0.4) is 0 Å². The summed E-state index contributed by atoms with van der Waals surface area (Å²) in [5.74, 6) is 0.524. The van der Waals surface area contributed by atoms with Crippen molar-refractivity contribution >= 4 is 28.6 Å². The maximum Gasteiger partial charge on any atom is 0.255 e. The molecule has 2 heterocycles. The lowest BCUT2D eigenvalue weighted by Crippen LogP contribution is -2.14. The van der Waals surface area contributed by atoms with Gasteiger partial charge in [-0.3, -0.25) is 9.48 Å². The van der Waals surface area contributed by atoms with Gasteiger partial charge in [0.1, 0.15) is 11.3 Å². The molecule has 2 aromatic heterocycles. The first-order valence-electron chi connectivity index (χ1n) is 11.0. The van der Waals surface area contributed by atoms with Crippen molar-refractivity contribution in [2.24, 2.45) is 0 Å². The molecular formula is C25H29N7O. The van der Waals surface area contributed by atoms with Crippen molar-refractivity contribution in [3.8, 4) is 0 Å². The van der Waals surface area contributed by atoms with E-state index < -0.39 is 0 Å². The van der Waals surface area contributed by atoms with Gasteiger partial charge in [-0.1, -0.05) is 24.3 Å². The van der Waals surface area contributed by atoms with Gasteiger partial charge >= 0.3 is 0 Å². The van der Waals surface area contributed by atoms with Gasteiger partial charge in [0, 0.05) is 24.3 Å². The van der Waals surface area contributed by atoms with E-state index in [4.69, 9.17) is 0 Å². The van der Waals surface area contributed by atoms with Gasteiger partial charge in [0.2, 0.25) is 5.65 Å². The third-order valence-corrected chi connectivity index (χ3v) is 5.32. The van der Waals surface area contributed by atoms with Gasteiger partial charge in [0.05, 0.1) is 18.4 Å². The number of hydrogen-bond acceptors (Lipinski definition) is 6. The van der Waals surface area contributed by atoms with Crippen LogP contribution in [-0.2, 0) is 13.1 Å². The Balaban J connectivity index is 1.43. The summed E-state index contributed by atoms with van der Waals surface area (Å²) in [5, 5.41) is 10.8. The molecule has 8 nitrogen and oxygen atoms in total. The summed E-state index contributed by atoms with van der Waals surface area (Å²) in [6.45, 7) is 5.68. The van der Waals surface area contributed by atoms with Crippen LogP contribution in [0.25, 0.3) is 11.2 Å². The van der Waals surface area contributed by atoms with Crippen molar-refractivity contribution in [3.63, 3.8) is 0 Å². The van der Waals surface area contributed by atoms with E-state index in [0.717, 1.165) is 29.9 Å². The first kappa shape index (κ1) is 22.4. The first-order valence-corrected chi connectivity index (χ1v) is 11.0. The van der Waals surface area contributed by atoms with E-state index in [2.05, 4.69) is 30.6 Å². The SMILES string of the molecule is CCn1cc2ncc(N[C@@H](C)c3cccc(NC(=O)c4ccc(CN(C)C)cc4)c3)nc2n1. The molecule has 0 radical (unpaired) electrons. The van der Waals surface area contributed by atoms with Crippen molar-refractivity contribution in [1.82, 2.24) is 24.6 Å². The number of rotatable bonds is 8. The van der Waals surface area contributed by atoms with Crippen molar-refractivity contribution in [1.29, 1.82) is 0 Å². The quantitative estimate of drug-likeness (QED) is 0.421. The highest BCUT2D eigenvalue weighted by molar-refractivity contribution is 6.04. The first-order chi connectivity index (χ1) is 15.9. The summed E-state index contributed by atoms with van der Waals surface area (Å²) in [7, 11) is 4.04. The Morgan fingerprint density at radius 3 is 2.67 bits per heavy atom. The number of carbonyl (C=O) groups excluding carboxylic acids is 1. The predicted octanol–water partition coefficient (Wildman–Crippen LogP) is 4.33. The number of carbonyl (C=O) groups is 1. The van der Waals surface area contributed by atoms with Crippen LogP contribution in [0.15, 0.2) is 60.9 Å². The van der Waals surface area contributed by atoms with Gasteiger partial charge in [0.25, 0.3) is 5.91 Å². The van der Waals surface area contributed by atoms with Gasteiger partial charge < -0.3 is 15.5 Å². The number of anilines is 2. The molecule has 1 atom stereocenters. The molecule has 0 saturated heterocycles. The van der Waals surface area contributed by atoms with E-state index in [1.54, 1.807) is 6.20 Å². The topological polar surface area (TPSA) is 88.0 Å². The van der Waals surface area contributed by atoms with Crippen molar-refractivity contribution < 1.29 is 4.79 Å². The Bertz CT molecular complexity index is 1250. The molecule has 2 aromatic carbocycles. The van der Waals surface area contributed by atoms with Gasteiger partial charge in [-0.25, -0.2) is 9.97 Å². The summed E-state index contributed by atoms with van der Waals surface area (Å²) in [5.41, 5.74) is 4.95. The Morgan fingerprint density at radius 2 is 1.94 bits per heavy atom. The molecule has 2 N–H and O–H groups in total. The van der Waals surface area contributed by atoms with E-state index in [1.807, 2.05) is 87.4 Å². The summed E-state index contributed by atoms with van der Waals surface area (Å²) in [6.07, 6.45) is 3.60. The summed E-state index contributed by atoms with van der Waals surface area (Å²) < 4.78 is 1.82. The molecule has 0 unspecified atom stereocenters. The second-order valence-corrected chi connectivity index (χ2v) is 8.33. The molecule has 8 heteroatoms. The van der Waals surface area contributed by atoms with Gasteiger partial charge in [-0.15, -0.1) is 0 Å². The molecule has 0 saturated carbocycles. The summed E-state index contributed by atoms with van der Waals surface area (Å²) in [4.78, 5) is 23.8. The third-order valence-electron chi connectivity index (χ3n) is 5.32. The average Bonchev–Trinajstić information content (AvgIpc) is 3.22. The van der Waals surface area contributed by atoms with Gasteiger partial charge in [-0.2, -0.15) is 5.10 Å². The highest BCUT2D eigenvalue weighted by Gasteiger charge is 2.11. The Morgan fingerprint density at radius 1 is 1.15 bits per heavy atom. The maximum absolute atomic E-state index is 12.7. The van der Waals surface area contributed by atoms with Crippen LogP contribution in [0.4, 0.5) is 11.5 Å². The summed E-state index contributed by atoms with van der Waals surface area (Å²) >= 11 is 0. The number of aryl methyl sites for hydroxylation is 1. The molecule has 33 heavy (non-hydrogen) atoms.